The van der Waals surface area contributed by atoms with E-state index in [1.54, 1.807) is 6.92 Å². The van der Waals surface area contributed by atoms with Crippen molar-refractivity contribution in [1.82, 2.24) is 4.57 Å². The molecule has 0 unspecified atom stereocenters. The number of halogens is 2. The molecule has 0 amide bonds. The molecule has 0 bridgehead atoms. The van der Waals surface area contributed by atoms with Crippen LogP contribution in [-0.2, 0) is 4.79 Å². The Morgan fingerprint density at radius 3 is 2.43 bits per heavy atom. The monoisotopic (exact) mass is 415 g/mol. The van der Waals surface area contributed by atoms with Crippen LogP contribution in [-0.4, -0.2) is 26.7 Å². The van der Waals surface area contributed by atoms with Crippen molar-refractivity contribution in [3.63, 3.8) is 0 Å². The van der Waals surface area contributed by atoms with Gasteiger partial charge in [-0.2, -0.15) is 0 Å². The highest BCUT2D eigenvalue weighted by molar-refractivity contribution is 6.05. The number of carbonyl (C=O) groups is 2. The van der Waals surface area contributed by atoms with Crippen molar-refractivity contribution in [1.29, 1.82) is 0 Å². The van der Waals surface area contributed by atoms with Crippen LogP contribution in [0.1, 0.15) is 60.1 Å². The number of unbranched alkanes of at least 4 members (excludes halogenated alkanes) is 2. The van der Waals surface area contributed by atoms with Crippen LogP contribution >= 0.6 is 0 Å². The fraction of sp³-hybridized carbons (Fsp3) is 0.304. The Kier molecular flexibility index (Phi) is 6.20. The third-order valence-electron chi connectivity index (χ3n) is 5.35. The minimum atomic E-state index is -1.14. The van der Waals surface area contributed by atoms with Crippen molar-refractivity contribution < 1.29 is 28.6 Å². The van der Waals surface area contributed by atoms with Crippen molar-refractivity contribution >= 4 is 22.8 Å². The van der Waals surface area contributed by atoms with Gasteiger partial charge in [0.15, 0.2) is 11.6 Å². The first-order valence-electron chi connectivity index (χ1n) is 9.82. The number of rotatable bonds is 7. The maximum absolute atomic E-state index is 13.7. The summed E-state index contributed by atoms with van der Waals surface area (Å²) in [5, 5.41) is 20.3. The third-order valence-corrected chi connectivity index (χ3v) is 5.35. The second-order valence-electron chi connectivity index (χ2n) is 7.36. The number of aromatic nitrogens is 1. The van der Waals surface area contributed by atoms with E-state index in [-0.39, 0.29) is 11.3 Å². The number of carbonyl (C=O) groups excluding carboxylic acids is 1. The summed E-state index contributed by atoms with van der Waals surface area (Å²) in [6, 6.07) is 7.22. The highest BCUT2D eigenvalue weighted by Crippen LogP contribution is 2.37. The standard InChI is InChI=1S/C23H23F2NO4/c1-3-4-5-6-16(23(29)30)21-13(2)26(20-10-8-15(27)12-17(20)21)22(28)14-7-9-18(24)19(25)11-14/h7-12,16,27H,3-6H2,1-2H3,(H,29,30)/t16-/m0/s1. The summed E-state index contributed by atoms with van der Waals surface area (Å²) in [7, 11) is 0. The Morgan fingerprint density at radius 1 is 1.07 bits per heavy atom. The van der Waals surface area contributed by atoms with Crippen molar-refractivity contribution in [3.05, 3.63) is 64.9 Å². The first-order chi connectivity index (χ1) is 14.3. The van der Waals surface area contributed by atoms with Crippen LogP contribution in [0.4, 0.5) is 8.78 Å². The van der Waals surface area contributed by atoms with Crippen molar-refractivity contribution in [3.8, 4) is 5.75 Å². The molecule has 3 aromatic rings. The lowest BCUT2D eigenvalue weighted by Crippen LogP contribution is -2.16. The average Bonchev–Trinajstić information content (AvgIpc) is 2.97. The van der Waals surface area contributed by atoms with Gasteiger partial charge in [-0.1, -0.05) is 26.2 Å². The molecule has 0 aliphatic carbocycles. The summed E-state index contributed by atoms with van der Waals surface area (Å²) in [6.45, 7) is 3.64. The molecule has 3 rings (SSSR count). The fourth-order valence-electron chi connectivity index (χ4n) is 3.88. The van der Waals surface area contributed by atoms with Crippen molar-refractivity contribution in [2.24, 2.45) is 0 Å². The van der Waals surface area contributed by atoms with Crippen LogP contribution in [0.3, 0.4) is 0 Å². The number of hydrogen-bond acceptors (Lipinski definition) is 3. The average molecular weight is 415 g/mol. The normalized spacial score (nSPS) is 12.3. The van der Waals surface area contributed by atoms with Gasteiger partial charge in [-0.3, -0.25) is 14.2 Å². The zero-order valence-electron chi connectivity index (χ0n) is 16.8. The maximum Gasteiger partial charge on any atom is 0.311 e. The van der Waals surface area contributed by atoms with E-state index in [2.05, 4.69) is 0 Å². The third kappa shape index (κ3) is 3.92. The number of nitrogens with zero attached hydrogens (tertiary/aromatic N) is 1. The van der Waals surface area contributed by atoms with Crippen LogP contribution in [0.2, 0.25) is 0 Å². The Hall–Kier alpha value is -3.22. The van der Waals surface area contributed by atoms with Gasteiger partial charge in [-0.15, -0.1) is 0 Å². The summed E-state index contributed by atoms with van der Waals surface area (Å²) in [5.41, 5.74) is 1.18. The first kappa shape index (κ1) is 21.5. The highest BCUT2D eigenvalue weighted by Gasteiger charge is 2.29. The van der Waals surface area contributed by atoms with E-state index in [9.17, 15) is 28.6 Å². The smallest absolute Gasteiger partial charge is 0.311 e. The number of aliphatic carboxylic acids is 1. The molecule has 0 aliphatic rings. The van der Waals surface area contributed by atoms with Gasteiger partial charge in [0.25, 0.3) is 5.91 Å². The predicted molar refractivity (Wildman–Crippen MR) is 109 cm³/mol. The summed E-state index contributed by atoms with van der Waals surface area (Å²) < 4.78 is 28.3. The van der Waals surface area contributed by atoms with Crippen molar-refractivity contribution in [2.45, 2.75) is 45.4 Å². The molecule has 0 saturated carbocycles. The van der Waals surface area contributed by atoms with Crippen LogP contribution in [0, 0.1) is 18.6 Å². The summed E-state index contributed by atoms with van der Waals surface area (Å²) >= 11 is 0. The summed E-state index contributed by atoms with van der Waals surface area (Å²) in [5.74, 6) is -4.74. The SMILES string of the molecule is CCCCC[C@H](C(=O)O)c1c(C)n(C(=O)c2ccc(F)c(F)c2)c2ccc(O)cc12. The lowest BCUT2D eigenvalue weighted by atomic mass is 9.91. The minimum absolute atomic E-state index is 0.0566. The summed E-state index contributed by atoms with van der Waals surface area (Å²) in [4.78, 5) is 25.2. The Morgan fingerprint density at radius 2 is 1.80 bits per heavy atom. The van der Waals surface area contributed by atoms with Gasteiger partial charge in [0, 0.05) is 16.6 Å². The van der Waals surface area contributed by atoms with Crippen molar-refractivity contribution in [2.75, 3.05) is 0 Å². The molecule has 1 aromatic heterocycles. The van der Waals surface area contributed by atoms with E-state index in [4.69, 9.17) is 0 Å². The molecular weight excluding hydrogens is 392 g/mol. The van der Waals surface area contributed by atoms with Crippen LogP contribution in [0.15, 0.2) is 36.4 Å². The molecule has 2 N–H and O–H groups in total. The van der Waals surface area contributed by atoms with Gasteiger partial charge in [0.2, 0.25) is 0 Å². The van der Waals surface area contributed by atoms with E-state index >= 15 is 0 Å². The van der Waals surface area contributed by atoms with Gasteiger partial charge in [0.1, 0.15) is 5.75 Å². The number of aromatic hydroxyl groups is 1. The van der Waals surface area contributed by atoms with Gasteiger partial charge < -0.3 is 10.2 Å². The largest absolute Gasteiger partial charge is 0.508 e. The van der Waals surface area contributed by atoms with Gasteiger partial charge in [-0.25, -0.2) is 8.78 Å². The quantitative estimate of drug-likeness (QED) is 0.509. The fourth-order valence-corrected chi connectivity index (χ4v) is 3.88. The molecule has 7 heteroatoms. The number of carboxylic acids is 1. The number of fused-ring (bicyclic) bond motifs is 1. The van der Waals surface area contributed by atoms with Crippen LogP contribution in [0.5, 0.6) is 5.75 Å². The molecule has 0 aliphatic heterocycles. The molecule has 5 nitrogen and oxygen atoms in total. The number of benzene rings is 2. The van der Waals surface area contributed by atoms with E-state index in [0.717, 1.165) is 25.0 Å². The van der Waals surface area contributed by atoms with E-state index in [1.807, 2.05) is 6.92 Å². The maximum atomic E-state index is 13.7. The Bertz CT molecular complexity index is 1120. The molecule has 0 spiro atoms. The molecule has 0 saturated heterocycles. The van der Waals surface area contributed by atoms with E-state index in [0.29, 0.717) is 35.0 Å². The lowest BCUT2D eigenvalue weighted by Gasteiger charge is -2.14. The molecule has 158 valence electrons. The second-order valence-corrected chi connectivity index (χ2v) is 7.36. The Labute approximate surface area is 172 Å². The van der Waals surface area contributed by atoms with Gasteiger partial charge in [-0.05, 0) is 55.3 Å². The molecule has 0 fully saturated rings. The number of phenols is 1. The predicted octanol–water partition coefficient (Wildman–Crippen LogP) is 5.37. The molecule has 1 atom stereocenters. The molecule has 2 aromatic carbocycles. The highest BCUT2D eigenvalue weighted by atomic mass is 19.2. The van der Waals surface area contributed by atoms with Gasteiger partial charge >= 0.3 is 5.97 Å². The second kappa shape index (κ2) is 8.65. The zero-order valence-corrected chi connectivity index (χ0v) is 16.8. The van der Waals surface area contributed by atoms with Crippen LogP contribution in [0.25, 0.3) is 10.9 Å². The minimum Gasteiger partial charge on any atom is -0.508 e. The molecular formula is C23H23F2NO4. The first-order valence-corrected chi connectivity index (χ1v) is 9.82. The van der Waals surface area contributed by atoms with E-state index < -0.39 is 29.4 Å². The van der Waals surface area contributed by atoms with E-state index in [1.165, 1.54) is 28.8 Å². The number of carboxylic acid groups (broad SMARTS) is 1. The summed E-state index contributed by atoms with van der Waals surface area (Å²) in [6.07, 6.45) is 2.90. The lowest BCUT2D eigenvalue weighted by molar-refractivity contribution is -0.139. The number of hydrogen-bond donors (Lipinski definition) is 2. The zero-order chi connectivity index (χ0) is 22.0. The van der Waals surface area contributed by atoms with Gasteiger partial charge in [0.05, 0.1) is 11.4 Å². The molecule has 1 heterocycles. The van der Waals surface area contributed by atoms with Crippen LogP contribution < -0.4 is 0 Å². The number of phenolic OH excluding ortho intramolecular Hbond substituents is 1. The molecule has 30 heavy (non-hydrogen) atoms. The molecule has 0 radical (unpaired) electrons. The topological polar surface area (TPSA) is 79.5 Å². The Balaban J connectivity index is 2.21.